The van der Waals surface area contributed by atoms with Gasteiger partial charge in [0.1, 0.15) is 0 Å². The molecule has 3 aromatic rings. The van der Waals surface area contributed by atoms with Gasteiger partial charge < -0.3 is 10.2 Å². The quantitative estimate of drug-likeness (QED) is 0.642. The molecule has 0 atom stereocenters. The zero-order chi connectivity index (χ0) is 22.0. The molecule has 0 unspecified atom stereocenters. The zero-order valence-electron chi connectivity index (χ0n) is 16.3. The van der Waals surface area contributed by atoms with Gasteiger partial charge in [-0.1, -0.05) is 6.07 Å². The smallest absolute Gasteiger partial charge is 0.338 e. The number of benzene rings is 1. The second-order valence-corrected chi connectivity index (χ2v) is 8.16. The number of hydrogen-bond acceptors (Lipinski definition) is 4. The summed E-state index contributed by atoms with van der Waals surface area (Å²) in [6.45, 7) is 0.840. The van der Waals surface area contributed by atoms with Crippen molar-refractivity contribution in [1.82, 2.24) is 14.7 Å². The molecule has 1 aliphatic heterocycles. The number of piperidine rings is 1. The number of halogens is 3. The van der Waals surface area contributed by atoms with Gasteiger partial charge >= 0.3 is 6.18 Å². The highest BCUT2D eigenvalue weighted by molar-refractivity contribution is 7.12. The highest BCUT2D eigenvalue weighted by Crippen LogP contribution is 2.34. The monoisotopic (exact) mass is 448 g/mol. The normalized spacial score (nSPS) is 15.1. The Morgan fingerprint density at radius 1 is 1.13 bits per heavy atom. The fourth-order valence-corrected chi connectivity index (χ4v) is 4.25. The van der Waals surface area contributed by atoms with E-state index in [9.17, 15) is 22.8 Å². The Balaban J connectivity index is 1.47. The molecule has 0 radical (unpaired) electrons. The average molecular weight is 448 g/mol. The zero-order valence-corrected chi connectivity index (χ0v) is 17.1. The van der Waals surface area contributed by atoms with Crippen LogP contribution >= 0.6 is 11.3 Å². The van der Waals surface area contributed by atoms with Gasteiger partial charge in [0, 0.05) is 31.4 Å². The Bertz CT molecular complexity index is 1060. The van der Waals surface area contributed by atoms with E-state index >= 15 is 0 Å². The molecule has 10 heteroatoms. The highest BCUT2D eigenvalue weighted by Gasteiger charge is 2.32. The second kappa shape index (κ2) is 8.54. The van der Waals surface area contributed by atoms with Gasteiger partial charge in [-0.2, -0.15) is 18.3 Å². The molecular formula is C21H19F3N4O2S. The van der Waals surface area contributed by atoms with Crippen LogP contribution in [-0.2, 0) is 11.0 Å². The molecule has 0 bridgehead atoms. The summed E-state index contributed by atoms with van der Waals surface area (Å²) in [5.41, 5.74) is -0.465. The van der Waals surface area contributed by atoms with Crippen molar-refractivity contribution >= 4 is 28.8 Å². The predicted octanol–water partition coefficient (Wildman–Crippen LogP) is 4.44. The van der Waals surface area contributed by atoms with Crippen LogP contribution in [0, 0.1) is 5.92 Å². The van der Waals surface area contributed by atoms with E-state index in [4.69, 9.17) is 0 Å². The van der Waals surface area contributed by atoms with E-state index in [2.05, 4.69) is 10.4 Å². The molecule has 162 valence electrons. The van der Waals surface area contributed by atoms with Crippen molar-refractivity contribution in [2.45, 2.75) is 19.0 Å². The van der Waals surface area contributed by atoms with Crippen molar-refractivity contribution in [2.24, 2.45) is 5.92 Å². The van der Waals surface area contributed by atoms with Crippen LogP contribution in [0.1, 0.15) is 28.1 Å². The van der Waals surface area contributed by atoms with E-state index < -0.39 is 17.7 Å². The van der Waals surface area contributed by atoms with Crippen molar-refractivity contribution in [3.05, 3.63) is 64.6 Å². The Kier molecular flexibility index (Phi) is 5.81. The molecule has 1 fully saturated rings. The third-order valence-electron chi connectivity index (χ3n) is 5.22. The first-order chi connectivity index (χ1) is 14.8. The lowest BCUT2D eigenvalue weighted by Crippen LogP contribution is -2.41. The molecule has 1 aliphatic rings. The summed E-state index contributed by atoms with van der Waals surface area (Å²) in [7, 11) is 0. The van der Waals surface area contributed by atoms with E-state index in [1.54, 1.807) is 23.2 Å². The molecule has 31 heavy (non-hydrogen) atoms. The third kappa shape index (κ3) is 4.63. The lowest BCUT2D eigenvalue weighted by Gasteiger charge is -2.31. The number of anilines is 1. The van der Waals surface area contributed by atoms with Crippen LogP contribution < -0.4 is 5.32 Å². The minimum Gasteiger partial charge on any atom is -0.338 e. The Hall–Kier alpha value is -3.14. The maximum absolute atomic E-state index is 13.2. The van der Waals surface area contributed by atoms with E-state index in [-0.39, 0.29) is 17.5 Å². The molecule has 1 saturated heterocycles. The number of aromatic nitrogens is 2. The van der Waals surface area contributed by atoms with Crippen LogP contribution in [0.2, 0.25) is 0 Å². The van der Waals surface area contributed by atoms with Gasteiger partial charge in [0.2, 0.25) is 5.91 Å². The number of likely N-dealkylation sites (tertiary alicyclic amines) is 1. The molecule has 2 aromatic heterocycles. The van der Waals surface area contributed by atoms with Crippen LogP contribution in [0.25, 0.3) is 5.69 Å². The molecule has 2 amide bonds. The Morgan fingerprint density at radius 3 is 2.52 bits per heavy atom. The Morgan fingerprint density at radius 2 is 1.90 bits per heavy atom. The first-order valence-corrected chi connectivity index (χ1v) is 10.6. The summed E-state index contributed by atoms with van der Waals surface area (Å²) in [5, 5.41) is 8.54. The van der Waals surface area contributed by atoms with Gasteiger partial charge in [-0.15, -0.1) is 11.3 Å². The number of carbonyl (C=O) groups is 2. The number of nitrogens with one attached hydrogen (secondary N) is 1. The average Bonchev–Trinajstić information content (AvgIpc) is 3.47. The van der Waals surface area contributed by atoms with Gasteiger partial charge in [0.25, 0.3) is 5.91 Å². The maximum atomic E-state index is 13.2. The van der Waals surface area contributed by atoms with Gasteiger partial charge in [0.15, 0.2) is 0 Å². The summed E-state index contributed by atoms with van der Waals surface area (Å²) < 4.78 is 41.0. The number of nitrogens with zero attached hydrogens (tertiary/aromatic N) is 3. The number of alkyl halides is 3. The number of hydrogen-bond donors (Lipinski definition) is 1. The molecule has 1 aromatic carbocycles. The van der Waals surface area contributed by atoms with E-state index in [1.807, 2.05) is 11.4 Å². The fraction of sp³-hybridized carbons (Fsp3) is 0.286. The minimum absolute atomic E-state index is 0.0422. The maximum Gasteiger partial charge on any atom is 0.416 e. The highest BCUT2D eigenvalue weighted by atomic mass is 32.1. The Labute approximate surface area is 180 Å². The molecule has 3 heterocycles. The van der Waals surface area contributed by atoms with Crippen LogP contribution in [0.4, 0.5) is 18.9 Å². The van der Waals surface area contributed by atoms with Crippen molar-refractivity contribution in [3.8, 4) is 5.69 Å². The van der Waals surface area contributed by atoms with Crippen LogP contribution in [0.3, 0.4) is 0 Å². The van der Waals surface area contributed by atoms with Crippen LogP contribution in [-0.4, -0.2) is 39.6 Å². The predicted molar refractivity (Wildman–Crippen MR) is 110 cm³/mol. The number of carbonyl (C=O) groups excluding carboxylic acids is 2. The first-order valence-electron chi connectivity index (χ1n) is 9.68. The summed E-state index contributed by atoms with van der Waals surface area (Å²) in [6, 6.07) is 8.38. The number of rotatable bonds is 4. The van der Waals surface area contributed by atoms with Gasteiger partial charge in [0.05, 0.1) is 21.8 Å². The topological polar surface area (TPSA) is 67.2 Å². The van der Waals surface area contributed by atoms with Crippen molar-refractivity contribution < 1.29 is 22.8 Å². The van der Waals surface area contributed by atoms with Crippen molar-refractivity contribution in [2.75, 3.05) is 18.4 Å². The third-order valence-corrected chi connectivity index (χ3v) is 6.08. The van der Waals surface area contributed by atoms with E-state index in [1.165, 1.54) is 28.3 Å². The molecule has 0 saturated carbocycles. The first kappa shape index (κ1) is 21.1. The van der Waals surface area contributed by atoms with Gasteiger partial charge in [-0.3, -0.25) is 9.59 Å². The summed E-state index contributed by atoms with van der Waals surface area (Å²) in [4.78, 5) is 27.6. The van der Waals surface area contributed by atoms with Gasteiger partial charge in [-0.25, -0.2) is 4.68 Å². The van der Waals surface area contributed by atoms with Gasteiger partial charge in [-0.05, 0) is 48.6 Å². The van der Waals surface area contributed by atoms with Crippen molar-refractivity contribution in [3.63, 3.8) is 0 Å². The number of thiophene rings is 1. The molecule has 1 N–H and O–H groups in total. The molecular weight excluding hydrogens is 429 g/mol. The SMILES string of the molecule is O=C(Nc1cc(C(F)(F)F)ccc1-n1cccn1)C1CCN(C(=O)c2cccs2)CC1. The van der Waals surface area contributed by atoms with Crippen molar-refractivity contribution in [1.29, 1.82) is 0 Å². The lowest BCUT2D eigenvalue weighted by molar-refractivity contribution is -0.137. The largest absolute Gasteiger partial charge is 0.416 e. The van der Waals surface area contributed by atoms with E-state index in [0.717, 1.165) is 12.1 Å². The lowest BCUT2D eigenvalue weighted by atomic mass is 9.95. The molecule has 4 rings (SSSR count). The fourth-order valence-electron chi connectivity index (χ4n) is 3.56. The standard InChI is InChI=1S/C21H19F3N4O2S/c22-21(23,24)15-4-5-17(28-9-2-8-25-28)16(13-15)26-19(29)14-6-10-27(11-7-14)20(30)18-3-1-12-31-18/h1-5,8-9,12-14H,6-7,10-11H2,(H,26,29). The van der Waals surface area contributed by atoms with Crippen LogP contribution in [0.5, 0.6) is 0 Å². The van der Waals surface area contributed by atoms with E-state index in [0.29, 0.717) is 36.5 Å². The second-order valence-electron chi connectivity index (χ2n) is 7.21. The van der Waals surface area contributed by atoms with Crippen LogP contribution in [0.15, 0.2) is 54.2 Å². The summed E-state index contributed by atoms with van der Waals surface area (Å²) >= 11 is 1.37. The summed E-state index contributed by atoms with van der Waals surface area (Å²) in [5.74, 6) is -0.823. The molecule has 0 spiro atoms. The molecule has 0 aliphatic carbocycles. The number of amides is 2. The molecule has 6 nitrogen and oxygen atoms in total. The summed E-state index contributed by atoms with van der Waals surface area (Å²) in [6.07, 6.45) is -0.551. The minimum atomic E-state index is -4.53.